The zero-order valence-electron chi connectivity index (χ0n) is 18.5. The summed E-state index contributed by atoms with van der Waals surface area (Å²) in [7, 11) is 2.16. The average molecular weight is 494 g/mol. The second-order valence-corrected chi connectivity index (χ2v) is 11.9. The standard InChI is InChI=1S/C23H28ClN3O3S2/c1-23(2)14-26(3)9-8-16-11-17(4-5-18(16)23)27-13-15(10-20(27)28)12-25-22(29)30-32-21-7-6-19(24)31-21/h4-7,11,15H,8-10,12-14H2,1-3H3,(H,25,29). The fourth-order valence-corrected chi connectivity index (χ4v) is 6.37. The zero-order valence-corrected chi connectivity index (χ0v) is 20.9. The SMILES string of the molecule is CN1CCc2cc(N3CC(CNC(=O)OSc4ccc(Cl)s4)CC3=O)ccc2C(C)(C)C1. The molecule has 0 spiro atoms. The Balaban J connectivity index is 1.34. The third kappa shape index (κ3) is 5.42. The first kappa shape index (κ1) is 23.4. The highest BCUT2D eigenvalue weighted by atomic mass is 35.5. The predicted octanol–water partition coefficient (Wildman–Crippen LogP) is 4.95. The molecule has 1 N–H and O–H groups in total. The van der Waals surface area contributed by atoms with Crippen LogP contribution in [-0.2, 0) is 20.8 Å². The van der Waals surface area contributed by atoms with Crippen molar-refractivity contribution in [2.75, 3.05) is 38.1 Å². The number of rotatable bonds is 5. The lowest BCUT2D eigenvalue weighted by Crippen LogP contribution is -2.33. The highest BCUT2D eigenvalue weighted by Gasteiger charge is 2.33. The lowest BCUT2D eigenvalue weighted by molar-refractivity contribution is -0.117. The van der Waals surface area contributed by atoms with Crippen LogP contribution < -0.4 is 10.2 Å². The van der Waals surface area contributed by atoms with Gasteiger partial charge in [0.2, 0.25) is 5.91 Å². The molecule has 1 saturated heterocycles. The Kier molecular flexibility index (Phi) is 7.05. The van der Waals surface area contributed by atoms with Gasteiger partial charge in [0.05, 0.1) is 4.34 Å². The molecule has 1 atom stereocenters. The van der Waals surface area contributed by atoms with Gasteiger partial charge in [0.1, 0.15) is 16.3 Å². The van der Waals surface area contributed by atoms with Crippen molar-refractivity contribution < 1.29 is 13.8 Å². The van der Waals surface area contributed by atoms with Gasteiger partial charge in [0, 0.05) is 49.6 Å². The van der Waals surface area contributed by atoms with Gasteiger partial charge >= 0.3 is 6.09 Å². The third-order valence-corrected chi connectivity index (χ3v) is 8.06. The molecule has 0 aliphatic carbocycles. The third-order valence-electron chi connectivity index (χ3n) is 6.05. The summed E-state index contributed by atoms with van der Waals surface area (Å²) in [6.45, 7) is 7.58. The average Bonchev–Trinajstić information content (AvgIpc) is 3.30. The molecule has 2 amide bonds. The maximum atomic E-state index is 12.7. The number of fused-ring (bicyclic) bond motifs is 1. The summed E-state index contributed by atoms with van der Waals surface area (Å²) in [4.78, 5) is 28.9. The van der Waals surface area contributed by atoms with Crippen molar-refractivity contribution in [2.45, 2.75) is 36.3 Å². The molecule has 6 nitrogen and oxygen atoms in total. The maximum absolute atomic E-state index is 12.7. The molecule has 2 aromatic rings. The number of nitrogens with one attached hydrogen (secondary N) is 1. The summed E-state index contributed by atoms with van der Waals surface area (Å²) in [5.41, 5.74) is 3.71. The Hall–Kier alpha value is -1.74. The van der Waals surface area contributed by atoms with Gasteiger partial charge in [-0.2, -0.15) is 0 Å². The highest BCUT2D eigenvalue weighted by molar-refractivity contribution is 7.97. The Labute approximate surface area is 202 Å². The summed E-state index contributed by atoms with van der Waals surface area (Å²) in [6.07, 6.45) is 0.885. The van der Waals surface area contributed by atoms with Crippen LogP contribution in [0.5, 0.6) is 0 Å². The lowest BCUT2D eigenvalue weighted by atomic mass is 9.81. The number of anilines is 1. The van der Waals surface area contributed by atoms with Crippen LogP contribution >= 0.6 is 35.0 Å². The minimum Gasteiger partial charge on any atom is -0.369 e. The van der Waals surface area contributed by atoms with Crippen LogP contribution in [0.15, 0.2) is 34.5 Å². The number of halogens is 1. The highest BCUT2D eigenvalue weighted by Crippen LogP contribution is 2.35. The van der Waals surface area contributed by atoms with E-state index in [1.54, 1.807) is 12.1 Å². The Morgan fingerprint density at radius 3 is 2.91 bits per heavy atom. The number of likely N-dealkylation sites (N-methyl/N-ethyl adjacent to an activating group) is 1. The Morgan fingerprint density at radius 1 is 1.34 bits per heavy atom. The number of thiophene rings is 1. The van der Waals surface area contributed by atoms with Crippen LogP contribution in [0, 0.1) is 5.92 Å². The summed E-state index contributed by atoms with van der Waals surface area (Å²) in [6, 6.07) is 10.0. The van der Waals surface area contributed by atoms with Gasteiger partial charge in [-0.25, -0.2) is 4.79 Å². The van der Waals surface area contributed by atoms with Gasteiger partial charge in [-0.15, -0.1) is 11.3 Å². The molecular weight excluding hydrogens is 466 g/mol. The summed E-state index contributed by atoms with van der Waals surface area (Å²) in [5, 5.41) is 2.77. The minimum absolute atomic E-state index is 0.0533. The van der Waals surface area contributed by atoms with Crippen molar-refractivity contribution in [1.29, 1.82) is 0 Å². The zero-order chi connectivity index (χ0) is 22.9. The van der Waals surface area contributed by atoms with Gasteiger partial charge in [-0.05, 0) is 48.9 Å². The molecule has 4 rings (SSSR count). The van der Waals surface area contributed by atoms with Crippen molar-refractivity contribution in [2.24, 2.45) is 5.92 Å². The molecule has 172 valence electrons. The molecule has 32 heavy (non-hydrogen) atoms. The summed E-state index contributed by atoms with van der Waals surface area (Å²) in [5.74, 6) is 0.148. The van der Waals surface area contributed by atoms with E-state index in [4.69, 9.17) is 15.8 Å². The Morgan fingerprint density at radius 2 is 2.16 bits per heavy atom. The van der Waals surface area contributed by atoms with Crippen molar-refractivity contribution in [3.05, 3.63) is 45.8 Å². The largest absolute Gasteiger partial charge is 0.419 e. The second kappa shape index (κ2) is 9.63. The van der Waals surface area contributed by atoms with Crippen LogP contribution in [0.3, 0.4) is 0 Å². The fraction of sp³-hybridized carbons (Fsp3) is 0.478. The second-order valence-electron chi connectivity index (χ2n) is 9.18. The molecule has 1 aromatic carbocycles. The van der Waals surface area contributed by atoms with E-state index in [9.17, 15) is 9.59 Å². The van der Waals surface area contributed by atoms with Crippen LogP contribution in [0.2, 0.25) is 4.34 Å². The van der Waals surface area contributed by atoms with Crippen LogP contribution in [-0.4, -0.2) is 50.1 Å². The van der Waals surface area contributed by atoms with Gasteiger partial charge in [-0.1, -0.05) is 31.5 Å². The van der Waals surface area contributed by atoms with Crippen molar-refractivity contribution >= 4 is 52.7 Å². The molecule has 0 saturated carbocycles. The molecule has 1 fully saturated rings. The summed E-state index contributed by atoms with van der Waals surface area (Å²) < 4.78 is 6.62. The molecule has 0 radical (unpaired) electrons. The van der Waals surface area contributed by atoms with Gasteiger partial charge < -0.3 is 19.3 Å². The molecule has 9 heteroatoms. The number of hydrogen-bond acceptors (Lipinski definition) is 6. The first-order chi connectivity index (χ1) is 15.2. The number of amides is 2. The number of carbonyl (C=O) groups is 2. The van der Waals surface area contributed by atoms with Gasteiger partial charge in [0.25, 0.3) is 0 Å². The molecular formula is C23H28ClN3O3S2. The van der Waals surface area contributed by atoms with E-state index in [-0.39, 0.29) is 17.2 Å². The lowest BCUT2D eigenvalue weighted by Gasteiger charge is -2.29. The van der Waals surface area contributed by atoms with Crippen molar-refractivity contribution in [3.63, 3.8) is 0 Å². The van der Waals surface area contributed by atoms with Gasteiger partial charge in [-0.3, -0.25) is 4.79 Å². The molecule has 2 aliphatic rings. The van der Waals surface area contributed by atoms with Crippen LogP contribution in [0.4, 0.5) is 10.5 Å². The molecule has 1 unspecified atom stereocenters. The quantitative estimate of drug-likeness (QED) is 0.597. The van der Waals surface area contributed by atoms with Crippen LogP contribution in [0.1, 0.15) is 31.4 Å². The first-order valence-electron chi connectivity index (χ1n) is 10.7. The van der Waals surface area contributed by atoms with Crippen LogP contribution in [0.25, 0.3) is 0 Å². The van der Waals surface area contributed by atoms with E-state index in [1.807, 2.05) is 4.90 Å². The number of benzene rings is 1. The smallest absolute Gasteiger partial charge is 0.369 e. The maximum Gasteiger partial charge on any atom is 0.419 e. The molecule has 1 aromatic heterocycles. The minimum atomic E-state index is -0.512. The van der Waals surface area contributed by atoms with E-state index in [0.29, 0.717) is 23.8 Å². The normalized spacial score (nSPS) is 20.7. The van der Waals surface area contributed by atoms with Gasteiger partial charge in [0.15, 0.2) is 0 Å². The number of nitrogens with zero attached hydrogens (tertiary/aromatic N) is 2. The molecule has 2 aliphatic heterocycles. The van der Waals surface area contributed by atoms with E-state index < -0.39 is 6.09 Å². The van der Waals surface area contributed by atoms with Crippen molar-refractivity contribution in [1.82, 2.24) is 10.2 Å². The predicted molar refractivity (Wildman–Crippen MR) is 131 cm³/mol. The van der Waals surface area contributed by atoms with E-state index >= 15 is 0 Å². The topological polar surface area (TPSA) is 61.9 Å². The monoisotopic (exact) mass is 493 g/mol. The Bertz CT molecular complexity index is 1010. The summed E-state index contributed by atoms with van der Waals surface area (Å²) >= 11 is 8.22. The van der Waals surface area contributed by atoms with Crippen molar-refractivity contribution in [3.8, 4) is 0 Å². The molecule has 3 heterocycles. The van der Waals surface area contributed by atoms with E-state index in [1.165, 1.54) is 22.5 Å². The first-order valence-corrected chi connectivity index (χ1v) is 12.6. The number of carbonyl (C=O) groups excluding carboxylic acids is 2. The van der Waals surface area contributed by atoms with E-state index in [2.05, 4.69) is 49.3 Å². The fourth-order valence-electron chi connectivity index (χ4n) is 4.61. The van der Waals surface area contributed by atoms with E-state index in [0.717, 1.165) is 41.4 Å². The molecule has 0 bridgehead atoms. The number of hydrogen-bond donors (Lipinski definition) is 1.